The second kappa shape index (κ2) is 4.43. The molecule has 0 aromatic carbocycles. The maximum atomic E-state index is 11.5. The molecular formula is C14H20O6. The number of hydrogen-bond donors (Lipinski definition) is 0. The number of carbonyl (C=O) groups is 2. The lowest BCUT2D eigenvalue weighted by Crippen LogP contribution is -2.70. The summed E-state index contributed by atoms with van der Waals surface area (Å²) in [5.41, 5.74) is -0.102. The Hall–Kier alpha value is -1.14. The molecule has 6 heteroatoms. The Bertz CT molecular complexity index is 449. The molecule has 1 saturated carbocycles. The number of rotatable bonds is 2. The van der Waals surface area contributed by atoms with Gasteiger partial charge in [-0.05, 0) is 18.3 Å². The van der Waals surface area contributed by atoms with Crippen molar-refractivity contribution >= 4 is 11.9 Å². The fraction of sp³-hybridized carbons (Fsp3) is 0.857. The molecule has 4 bridgehead atoms. The molecule has 0 aromatic heterocycles. The number of ether oxygens (including phenoxy) is 4. The molecule has 0 aromatic rings. The smallest absolute Gasteiger partial charge is 0.305 e. The fourth-order valence-corrected chi connectivity index (χ4v) is 4.07. The molecule has 1 aliphatic carbocycles. The molecule has 0 spiro atoms. The van der Waals surface area contributed by atoms with E-state index in [1.54, 1.807) is 0 Å². The van der Waals surface area contributed by atoms with E-state index in [0.29, 0.717) is 6.42 Å². The van der Waals surface area contributed by atoms with Crippen molar-refractivity contribution in [2.75, 3.05) is 0 Å². The lowest BCUT2D eigenvalue weighted by Gasteiger charge is -2.62. The van der Waals surface area contributed by atoms with E-state index in [0.717, 1.165) is 19.3 Å². The molecule has 0 radical (unpaired) electrons. The molecule has 4 aliphatic rings. The van der Waals surface area contributed by atoms with Gasteiger partial charge in [-0.15, -0.1) is 0 Å². The van der Waals surface area contributed by atoms with E-state index >= 15 is 0 Å². The van der Waals surface area contributed by atoms with Crippen LogP contribution in [0.5, 0.6) is 0 Å². The van der Waals surface area contributed by atoms with Crippen molar-refractivity contribution in [3.63, 3.8) is 0 Å². The molecule has 3 heterocycles. The number of carbonyl (C=O) groups excluding carboxylic acids is 2. The summed E-state index contributed by atoms with van der Waals surface area (Å²) < 4.78 is 22.4. The van der Waals surface area contributed by atoms with E-state index in [4.69, 9.17) is 18.9 Å². The van der Waals surface area contributed by atoms with Gasteiger partial charge in [-0.1, -0.05) is 6.92 Å². The Balaban J connectivity index is 1.97. The highest BCUT2D eigenvalue weighted by Crippen LogP contribution is 2.61. The fourth-order valence-electron chi connectivity index (χ4n) is 4.07. The average molecular weight is 284 g/mol. The molecule has 3 saturated heterocycles. The Kier molecular flexibility index (Phi) is 3.06. The summed E-state index contributed by atoms with van der Waals surface area (Å²) in [6.07, 6.45) is 2.06. The van der Waals surface area contributed by atoms with E-state index in [9.17, 15) is 9.59 Å². The first-order chi connectivity index (χ1) is 9.35. The molecule has 3 aliphatic heterocycles. The van der Waals surface area contributed by atoms with Crippen LogP contribution in [-0.4, -0.2) is 30.3 Å². The third kappa shape index (κ3) is 2.02. The van der Waals surface area contributed by atoms with E-state index < -0.39 is 24.3 Å². The second-order valence-corrected chi connectivity index (χ2v) is 6.26. The van der Waals surface area contributed by atoms with Gasteiger partial charge in [0.25, 0.3) is 0 Å². The molecule has 0 amide bonds. The summed E-state index contributed by atoms with van der Waals surface area (Å²) in [5, 5.41) is 0. The van der Waals surface area contributed by atoms with E-state index in [1.807, 2.05) is 0 Å². The molecule has 0 unspecified atom stereocenters. The van der Waals surface area contributed by atoms with Crippen molar-refractivity contribution in [2.45, 2.75) is 64.8 Å². The van der Waals surface area contributed by atoms with Crippen molar-refractivity contribution in [2.24, 2.45) is 11.3 Å². The van der Waals surface area contributed by atoms with Crippen molar-refractivity contribution < 1.29 is 28.5 Å². The van der Waals surface area contributed by atoms with Gasteiger partial charge in [0.2, 0.25) is 12.1 Å². The molecule has 4 rings (SSSR count). The number of hydrogen-bond acceptors (Lipinski definition) is 6. The normalized spacial score (nSPS) is 45.9. The first-order valence-corrected chi connectivity index (χ1v) is 7.05. The zero-order valence-electron chi connectivity index (χ0n) is 12.0. The van der Waals surface area contributed by atoms with Crippen LogP contribution in [0.4, 0.5) is 0 Å². The van der Waals surface area contributed by atoms with Crippen LogP contribution in [0.1, 0.15) is 46.5 Å². The van der Waals surface area contributed by atoms with Crippen LogP contribution in [0.25, 0.3) is 0 Å². The maximum Gasteiger partial charge on any atom is 0.305 e. The van der Waals surface area contributed by atoms with Crippen LogP contribution in [-0.2, 0) is 28.5 Å². The summed E-state index contributed by atoms with van der Waals surface area (Å²) in [5.74, 6) is -2.08. The molecule has 0 N–H and O–H groups in total. The third-order valence-corrected chi connectivity index (χ3v) is 4.62. The quantitative estimate of drug-likeness (QED) is 0.719. The third-order valence-electron chi connectivity index (χ3n) is 4.62. The summed E-state index contributed by atoms with van der Waals surface area (Å²) in [7, 11) is 0. The Morgan fingerprint density at radius 3 is 2.60 bits per heavy atom. The van der Waals surface area contributed by atoms with Gasteiger partial charge in [0.1, 0.15) is 0 Å². The molecule has 4 fully saturated rings. The van der Waals surface area contributed by atoms with Gasteiger partial charge < -0.3 is 18.9 Å². The molecular weight excluding hydrogens is 264 g/mol. The highest BCUT2D eigenvalue weighted by Gasteiger charge is 2.68. The van der Waals surface area contributed by atoms with E-state index in [-0.39, 0.29) is 17.3 Å². The zero-order chi connectivity index (χ0) is 14.5. The first-order valence-electron chi connectivity index (χ1n) is 7.05. The van der Waals surface area contributed by atoms with Gasteiger partial charge in [0, 0.05) is 26.7 Å². The van der Waals surface area contributed by atoms with Gasteiger partial charge in [-0.2, -0.15) is 0 Å². The second-order valence-electron chi connectivity index (χ2n) is 6.26. The number of esters is 2. The monoisotopic (exact) mass is 284 g/mol. The van der Waals surface area contributed by atoms with Gasteiger partial charge in [-0.25, -0.2) is 0 Å². The molecule has 6 nitrogen and oxygen atoms in total. The summed E-state index contributed by atoms with van der Waals surface area (Å²) in [6, 6.07) is 0. The van der Waals surface area contributed by atoms with Crippen LogP contribution in [0.15, 0.2) is 0 Å². The standard InChI is InChI=1S/C14H20O6/c1-8(15)17-12-11-13(3)5-4-6-14(11,19-9(2)16)20-10(7-13)18-12/h10-12H,4-7H2,1-3H3/t10-,11-,12+,13-,14-/m0/s1. The largest absolute Gasteiger partial charge is 0.435 e. The van der Waals surface area contributed by atoms with Crippen LogP contribution >= 0.6 is 0 Å². The molecule has 20 heavy (non-hydrogen) atoms. The minimum absolute atomic E-state index is 0.102. The summed E-state index contributed by atoms with van der Waals surface area (Å²) >= 11 is 0. The van der Waals surface area contributed by atoms with Crippen LogP contribution in [0.3, 0.4) is 0 Å². The van der Waals surface area contributed by atoms with Crippen LogP contribution < -0.4 is 0 Å². The number of fused-ring (bicyclic) bond motifs is 1. The lowest BCUT2D eigenvalue weighted by atomic mass is 9.59. The van der Waals surface area contributed by atoms with Crippen molar-refractivity contribution in [3.8, 4) is 0 Å². The van der Waals surface area contributed by atoms with Crippen LogP contribution in [0, 0.1) is 11.3 Å². The Morgan fingerprint density at radius 2 is 1.95 bits per heavy atom. The van der Waals surface area contributed by atoms with E-state index in [2.05, 4.69) is 6.92 Å². The minimum atomic E-state index is -1.01. The van der Waals surface area contributed by atoms with Crippen LogP contribution in [0.2, 0.25) is 0 Å². The summed E-state index contributed by atoms with van der Waals surface area (Å²) in [6.45, 7) is 4.85. The van der Waals surface area contributed by atoms with Crippen molar-refractivity contribution in [1.82, 2.24) is 0 Å². The van der Waals surface area contributed by atoms with Gasteiger partial charge >= 0.3 is 11.9 Å². The highest BCUT2D eigenvalue weighted by atomic mass is 16.8. The lowest BCUT2D eigenvalue weighted by molar-refractivity contribution is -0.467. The Labute approximate surface area is 117 Å². The minimum Gasteiger partial charge on any atom is -0.435 e. The maximum absolute atomic E-state index is 11.5. The predicted molar refractivity (Wildman–Crippen MR) is 66.1 cm³/mol. The van der Waals surface area contributed by atoms with Gasteiger partial charge in [0.05, 0.1) is 5.92 Å². The van der Waals surface area contributed by atoms with E-state index in [1.165, 1.54) is 13.8 Å². The zero-order valence-corrected chi connectivity index (χ0v) is 12.0. The SMILES string of the molecule is CC(=O)O[C@@H]1O[C@@H]2C[C@]3(C)CCC[C@](OC(C)=O)(O2)[C@@H]13. The molecule has 112 valence electrons. The topological polar surface area (TPSA) is 71.1 Å². The molecule has 5 atom stereocenters. The van der Waals surface area contributed by atoms with Crippen molar-refractivity contribution in [3.05, 3.63) is 0 Å². The Morgan fingerprint density at radius 1 is 1.20 bits per heavy atom. The first kappa shape index (κ1) is 13.8. The van der Waals surface area contributed by atoms with Gasteiger partial charge in [0.15, 0.2) is 6.29 Å². The average Bonchev–Trinajstić information content (AvgIpc) is 2.23. The summed E-state index contributed by atoms with van der Waals surface area (Å²) in [4.78, 5) is 22.8. The highest BCUT2D eigenvalue weighted by molar-refractivity contribution is 5.67. The van der Waals surface area contributed by atoms with Crippen molar-refractivity contribution in [1.29, 1.82) is 0 Å². The van der Waals surface area contributed by atoms with Gasteiger partial charge in [-0.3, -0.25) is 9.59 Å². The predicted octanol–water partition coefficient (Wildman–Crippen LogP) is 1.72.